The molecule has 1 aromatic rings. The molecule has 0 aliphatic rings. The van der Waals surface area contributed by atoms with Gasteiger partial charge in [0.05, 0.1) is 11.5 Å². The van der Waals surface area contributed by atoms with E-state index in [1.807, 2.05) is 38.1 Å². The Morgan fingerprint density at radius 1 is 0.846 bits per heavy atom. The number of aryl methyl sites for hydroxylation is 1. The first kappa shape index (κ1) is 22.9. The largest absolute Gasteiger partial charge is 0.492 e. The van der Waals surface area contributed by atoms with Crippen molar-refractivity contribution in [2.75, 3.05) is 31.2 Å². The first-order valence-electron chi connectivity index (χ1n) is 8.94. The first-order valence-corrected chi connectivity index (χ1v) is 12.2. The summed E-state index contributed by atoms with van der Waals surface area (Å²) < 4.78 is 56.7. The molecule has 0 unspecified atom stereocenters. The van der Waals surface area contributed by atoms with Crippen LogP contribution in [0.1, 0.15) is 38.7 Å². The third kappa shape index (κ3) is 10.1. The molecule has 2 N–H and O–H groups in total. The van der Waals surface area contributed by atoms with Crippen molar-refractivity contribution in [3.8, 4) is 5.75 Å². The zero-order valence-electron chi connectivity index (χ0n) is 15.5. The molecule has 26 heavy (non-hydrogen) atoms. The lowest BCUT2D eigenvalue weighted by Crippen LogP contribution is -2.30. The minimum atomic E-state index is -3.20. The highest BCUT2D eigenvalue weighted by Gasteiger charge is 2.08. The molecule has 0 aliphatic heterocycles. The Morgan fingerprint density at radius 3 is 1.92 bits per heavy atom. The van der Waals surface area contributed by atoms with E-state index in [9.17, 15) is 16.8 Å². The lowest BCUT2D eigenvalue weighted by atomic mass is 10.1. The maximum Gasteiger partial charge on any atom is 0.211 e. The molecule has 9 heteroatoms. The molecule has 0 spiro atoms. The van der Waals surface area contributed by atoms with E-state index in [0.717, 1.165) is 18.4 Å². The summed E-state index contributed by atoms with van der Waals surface area (Å²) in [4.78, 5) is 0. The maximum absolute atomic E-state index is 11.5. The Labute approximate surface area is 157 Å². The second-order valence-electron chi connectivity index (χ2n) is 6.02. The van der Waals surface area contributed by atoms with Gasteiger partial charge < -0.3 is 4.74 Å². The van der Waals surface area contributed by atoms with Crippen LogP contribution in [0.25, 0.3) is 0 Å². The highest BCUT2D eigenvalue weighted by Crippen LogP contribution is 2.13. The summed E-state index contributed by atoms with van der Waals surface area (Å²) in [6.45, 7) is 4.59. The molecule has 7 nitrogen and oxygen atoms in total. The SMILES string of the molecule is CCCS(=O)(=O)NCCCc1ccc(OCCNS(=O)(=O)CCC)cc1. The lowest BCUT2D eigenvalue weighted by Gasteiger charge is -2.09. The Kier molecular flexibility index (Phi) is 10.1. The number of sulfonamides is 2. The van der Waals surface area contributed by atoms with E-state index in [4.69, 9.17) is 4.74 Å². The van der Waals surface area contributed by atoms with Gasteiger partial charge in [-0.1, -0.05) is 26.0 Å². The van der Waals surface area contributed by atoms with Crippen molar-refractivity contribution in [3.63, 3.8) is 0 Å². The molecule has 1 aromatic carbocycles. The van der Waals surface area contributed by atoms with E-state index < -0.39 is 20.0 Å². The normalized spacial score (nSPS) is 12.2. The zero-order valence-corrected chi connectivity index (χ0v) is 17.2. The van der Waals surface area contributed by atoms with Crippen LogP contribution in [0.2, 0.25) is 0 Å². The molecule has 150 valence electrons. The van der Waals surface area contributed by atoms with Crippen molar-refractivity contribution in [1.82, 2.24) is 9.44 Å². The molecule has 0 aromatic heterocycles. The van der Waals surface area contributed by atoms with Gasteiger partial charge in [0.15, 0.2) is 0 Å². The molecular formula is C17H30N2O5S2. The van der Waals surface area contributed by atoms with Gasteiger partial charge in [-0.15, -0.1) is 0 Å². The summed E-state index contributed by atoms with van der Waals surface area (Å²) in [6.07, 6.45) is 2.68. The number of hydrogen-bond acceptors (Lipinski definition) is 5. The average molecular weight is 407 g/mol. The number of nitrogens with one attached hydrogen (secondary N) is 2. The minimum absolute atomic E-state index is 0.121. The third-order valence-electron chi connectivity index (χ3n) is 3.53. The van der Waals surface area contributed by atoms with Crippen LogP contribution in [-0.4, -0.2) is 48.0 Å². The van der Waals surface area contributed by atoms with Gasteiger partial charge >= 0.3 is 0 Å². The lowest BCUT2D eigenvalue weighted by molar-refractivity contribution is 0.322. The van der Waals surface area contributed by atoms with E-state index in [2.05, 4.69) is 9.44 Å². The van der Waals surface area contributed by atoms with Gasteiger partial charge in [0.1, 0.15) is 12.4 Å². The molecule has 0 radical (unpaired) electrons. The second-order valence-corrected chi connectivity index (χ2v) is 9.88. The van der Waals surface area contributed by atoms with Gasteiger partial charge in [-0.25, -0.2) is 26.3 Å². The van der Waals surface area contributed by atoms with Crippen LogP contribution < -0.4 is 14.2 Å². The first-order chi connectivity index (χ1) is 12.3. The summed E-state index contributed by atoms with van der Waals surface area (Å²) in [5, 5.41) is 0. The molecular weight excluding hydrogens is 376 g/mol. The quantitative estimate of drug-likeness (QED) is 0.458. The topological polar surface area (TPSA) is 102 Å². The zero-order chi connectivity index (χ0) is 19.5. The van der Waals surface area contributed by atoms with E-state index in [0.29, 0.717) is 25.1 Å². The van der Waals surface area contributed by atoms with Gasteiger partial charge in [0, 0.05) is 13.1 Å². The summed E-state index contributed by atoms with van der Waals surface area (Å²) in [5.41, 5.74) is 1.09. The number of benzene rings is 1. The smallest absolute Gasteiger partial charge is 0.211 e. The molecule has 1 rings (SSSR count). The summed E-state index contributed by atoms with van der Waals surface area (Å²) in [7, 11) is -6.34. The molecule has 0 bridgehead atoms. The predicted molar refractivity (Wildman–Crippen MR) is 104 cm³/mol. The second kappa shape index (κ2) is 11.5. The van der Waals surface area contributed by atoms with Gasteiger partial charge in [-0.2, -0.15) is 0 Å². The maximum atomic E-state index is 11.5. The standard InChI is InChI=1S/C17H30N2O5S2/c1-3-14-25(20,21)18-11-5-6-16-7-9-17(10-8-16)24-13-12-19-26(22,23)15-4-2/h7-10,18-19H,3-6,11-15H2,1-2H3. The van der Waals surface area contributed by atoms with Crippen LogP contribution in [0.3, 0.4) is 0 Å². The molecule has 0 heterocycles. The van der Waals surface area contributed by atoms with E-state index in [1.165, 1.54) is 0 Å². The number of rotatable bonds is 14. The highest BCUT2D eigenvalue weighted by atomic mass is 32.2. The number of ether oxygens (including phenoxy) is 1. The molecule has 0 fully saturated rings. The van der Waals surface area contributed by atoms with Crippen molar-refractivity contribution < 1.29 is 21.6 Å². The van der Waals surface area contributed by atoms with Crippen molar-refractivity contribution in [2.24, 2.45) is 0 Å². The van der Waals surface area contributed by atoms with Crippen molar-refractivity contribution in [2.45, 2.75) is 39.5 Å². The van der Waals surface area contributed by atoms with Crippen molar-refractivity contribution in [3.05, 3.63) is 29.8 Å². The Morgan fingerprint density at radius 2 is 1.38 bits per heavy atom. The Balaban J connectivity index is 2.27. The predicted octanol–water partition coefficient (Wildman–Crippen LogP) is 1.66. The van der Waals surface area contributed by atoms with Crippen LogP contribution in [0.5, 0.6) is 5.75 Å². The molecule has 0 aliphatic carbocycles. The van der Waals surface area contributed by atoms with Crippen LogP contribution in [0.4, 0.5) is 0 Å². The van der Waals surface area contributed by atoms with E-state index >= 15 is 0 Å². The van der Waals surface area contributed by atoms with Crippen molar-refractivity contribution in [1.29, 1.82) is 0 Å². The van der Waals surface area contributed by atoms with Gasteiger partial charge in [0.2, 0.25) is 20.0 Å². The van der Waals surface area contributed by atoms with Crippen LogP contribution >= 0.6 is 0 Å². The third-order valence-corrected chi connectivity index (χ3v) is 6.71. The summed E-state index contributed by atoms with van der Waals surface area (Å²) in [5.74, 6) is 0.955. The fourth-order valence-electron chi connectivity index (χ4n) is 2.32. The molecule has 0 atom stereocenters. The fraction of sp³-hybridized carbons (Fsp3) is 0.647. The average Bonchev–Trinajstić information content (AvgIpc) is 2.57. The molecule has 0 saturated heterocycles. The van der Waals surface area contributed by atoms with Crippen LogP contribution in [0, 0.1) is 0 Å². The van der Waals surface area contributed by atoms with Gasteiger partial charge in [-0.05, 0) is 43.4 Å². The van der Waals surface area contributed by atoms with E-state index in [1.54, 1.807) is 0 Å². The monoisotopic (exact) mass is 406 g/mol. The molecule has 0 amide bonds. The highest BCUT2D eigenvalue weighted by molar-refractivity contribution is 7.89. The molecule has 0 saturated carbocycles. The summed E-state index contributed by atoms with van der Waals surface area (Å²) in [6, 6.07) is 7.52. The van der Waals surface area contributed by atoms with Gasteiger partial charge in [0.25, 0.3) is 0 Å². The van der Waals surface area contributed by atoms with E-state index in [-0.39, 0.29) is 24.7 Å². The Hall–Kier alpha value is -1.16. The summed E-state index contributed by atoms with van der Waals surface area (Å²) >= 11 is 0. The fourth-order valence-corrected chi connectivity index (χ4v) is 4.53. The Bertz CT molecular complexity index is 653. The van der Waals surface area contributed by atoms with Gasteiger partial charge in [-0.3, -0.25) is 0 Å². The minimum Gasteiger partial charge on any atom is -0.492 e. The van der Waals surface area contributed by atoms with Crippen molar-refractivity contribution >= 4 is 20.0 Å². The number of hydrogen-bond donors (Lipinski definition) is 2. The van der Waals surface area contributed by atoms with Crippen LogP contribution in [0.15, 0.2) is 24.3 Å². The van der Waals surface area contributed by atoms with Crippen LogP contribution in [-0.2, 0) is 26.5 Å².